The molecule has 120 valence electrons. The van der Waals surface area contributed by atoms with E-state index in [4.69, 9.17) is 0 Å². The monoisotopic (exact) mass is 296 g/mol. The molecule has 0 amide bonds. The second-order valence-corrected chi connectivity index (χ2v) is 5.96. The molecule has 0 spiro atoms. The smallest absolute Gasteiger partial charge is 0.141 e. The van der Waals surface area contributed by atoms with Crippen molar-refractivity contribution in [3.05, 3.63) is 23.6 Å². The third-order valence-electron chi connectivity index (χ3n) is 3.22. The predicted octanol–water partition coefficient (Wildman–Crippen LogP) is 2.50. The molecule has 0 radical (unpaired) electrons. The molecule has 0 bridgehead atoms. The fourth-order valence-electron chi connectivity index (χ4n) is 2.12. The van der Waals surface area contributed by atoms with Crippen LogP contribution in [0.2, 0.25) is 0 Å². The Morgan fingerprint density at radius 2 is 1.95 bits per heavy atom. The van der Waals surface area contributed by atoms with E-state index in [2.05, 4.69) is 55.0 Å². The first-order valence-corrected chi connectivity index (χ1v) is 7.71. The van der Waals surface area contributed by atoms with Crippen LogP contribution in [0.3, 0.4) is 0 Å². The lowest BCUT2D eigenvalue weighted by Crippen LogP contribution is -2.34. The first-order chi connectivity index (χ1) is 9.93. The average molecular weight is 296 g/mol. The zero-order valence-electron chi connectivity index (χ0n) is 14.0. The number of halogens is 1. The van der Waals surface area contributed by atoms with Crippen molar-refractivity contribution in [3.63, 3.8) is 0 Å². The van der Waals surface area contributed by atoms with Crippen molar-refractivity contribution < 1.29 is 4.39 Å². The van der Waals surface area contributed by atoms with Crippen LogP contribution in [0.15, 0.2) is 12.3 Å². The van der Waals surface area contributed by atoms with E-state index in [0.29, 0.717) is 12.6 Å². The Labute approximate surface area is 128 Å². The number of hydrogen-bond acceptors (Lipinski definition) is 4. The molecule has 0 aliphatic heterocycles. The van der Waals surface area contributed by atoms with Gasteiger partial charge < -0.3 is 15.1 Å². The van der Waals surface area contributed by atoms with E-state index in [0.717, 1.165) is 37.4 Å². The van der Waals surface area contributed by atoms with E-state index in [1.54, 1.807) is 6.07 Å². The molecule has 1 rings (SSSR count). The first-order valence-electron chi connectivity index (χ1n) is 7.71. The van der Waals surface area contributed by atoms with Crippen LogP contribution in [0, 0.1) is 5.82 Å². The quantitative estimate of drug-likeness (QED) is 0.759. The van der Waals surface area contributed by atoms with Crippen molar-refractivity contribution in [2.24, 2.45) is 0 Å². The Morgan fingerprint density at radius 1 is 1.24 bits per heavy atom. The van der Waals surface area contributed by atoms with Gasteiger partial charge in [0, 0.05) is 37.8 Å². The minimum Gasteiger partial charge on any atom is -0.355 e. The van der Waals surface area contributed by atoms with Gasteiger partial charge in [0.2, 0.25) is 0 Å². The number of nitrogens with one attached hydrogen (secondary N) is 1. The maximum atomic E-state index is 13.5. The van der Waals surface area contributed by atoms with Gasteiger partial charge in [-0.15, -0.1) is 0 Å². The van der Waals surface area contributed by atoms with Crippen LogP contribution in [0.5, 0.6) is 0 Å². The van der Waals surface area contributed by atoms with Crippen LogP contribution in [-0.2, 0) is 6.54 Å². The van der Waals surface area contributed by atoms with Crippen LogP contribution in [0.1, 0.15) is 32.8 Å². The number of pyridine rings is 1. The molecular weight excluding hydrogens is 267 g/mol. The molecule has 21 heavy (non-hydrogen) atoms. The summed E-state index contributed by atoms with van der Waals surface area (Å²) >= 11 is 0. The van der Waals surface area contributed by atoms with Crippen LogP contribution in [0.4, 0.5) is 10.2 Å². The van der Waals surface area contributed by atoms with Crippen molar-refractivity contribution in [2.75, 3.05) is 38.6 Å². The fraction of sp³-hybridized carbons (Fsp3) is 0.688. The van der Waals surface area contributed by atoms with Gasteiger partial charge in [0.15, 0.2) is 0 Å². The number of aromatic nitrogens is 1. The predicted molar refractivity (Wildman–Crippen MR) is 87.2 cm³/mol. The van der Waals surface area contributed by atoms with Gasteiger partial charge in [-0.1, -0.05) is 20.8 Å². The zero-order valence-corrected chi connectivity index (χ0v) is 14.0. The van der Waals surface area contributed by atoms with Gasteiger partial charge in [0.1, 0.15) is 11.6 Å². The Morgan fingerprint density at radius 3 is 2.52 bits per heavy atom. The molecule has 1 aromatic heterocycles. The topological polar surface area (TPSA) is 31.4 Å². The van der Waals surface area contributed by atoms with E-state index >= 15 is 0 Å². The summed E-state index contributed by atoms with van der Waals surface area (Å²) in [4.78, 5) is 8.74. The Bertz CT molecular complexity index is 421. The molecular formula is C16H29FN4. The Hall–Kier alpha value is -1.20. The first kappa shape index (κ1) is 17.9. The van der Waals surface area contributed by atoms with E-state index in [-0.39, 0.29) is 5.82 Å². The van der Waals surface area contributed by atoms with Crippen molar-refractivity contribution in [2.45, 2.75) is 39.8 Å². The van der Waals surface area contributed by atoms with E-state index in [1.165, 1.54) is 6.20 Å². The van der Waals surface area contributed by atoms with Crippen LogP contribution in [0.25, 0.3) is 0 Å². The number of rotatable bonds is 9. The lowest BCUT2D eigenvalue weighted by atomic mass is 10.2. The highest BCUT2D eigenvalue weighted by atomic mass is 19.1. The van der Waals surface area contributed by atoms with Gasteiger partial charge in [-0.05, 0) is 26.6 Å². The summed E-state index contributed by atoms with van der Waals surface area (Å²) in [5.74, 6) is 0.622. The third kappa shape index (κ3) is 6.40. The van der Waals surface area contributed by atoms with E-state index < -0.39 is 0 Å². The SMILES string of the molecule is CCCN(CCN(C)C)c1ncc(F)cc1CNC(C)C. The minimum absolute atomic E-state index is 0.275. The van der Waals surface area contributed by atoms with Gasteiger partial charge in [0.05, 0.1) is 6.20 Å². The maximum Gasteiger partial charge on any atom is 0.141 e. The molecule has 0 unspecified atom stereocenters. The average Bonchev–Trinajstić information content (AvgIpc) is 2.41. The summed E-state index contributed by atoms with van der Waals surface area (Å²) in [7, 11) is 4.12. The van der Waals surface area contributed by atoms with Crippen molar-refractivity contribution >= 4 is 5.82 Å². The van der Waals surface area contributed by atoms with Crippen LogP contribution in [-0.4, -0.2) is 49.7 Å². The lowest BCUT2D eigenvalue weighted by molar-refractivity contribution is 0.412. The molecule has 0 aliphatic carbocycles. The molecule has 0 saturated carbocycles. The van der Waals surface area contributed by atoms with Crippen molar-refractivity contribution in [1.29, 1.82) is 0 Å². The minimum atomic E-state index is -0.275. The molecule has 0 aliphatic rings. The van der Waals surface area contributed by atoms with Gasteiger partial charge >= 0.3 is 0 Å². The normalized spacial score (nSPS) is 11.4. The number of anilines is 1. The highest BCUT2D eigenvalue weighted by Crippen LogP contribution is 2.19. The summed E-state index contributed by atoms with van der Waals surface area (Å²) < 4.78 is 13.5. The summed E-state index contributed by atoms with van der Waals surface area (Å²) in [5.41, 5.74) is 0.927. The number of nitrogens with zero attached hydrogens (tertiary/aromatic N) is 3. The summed E-state index contributed by atoms with van der Waals surface area (Å²) in [6.45, 7) is 9.74. The Kier molecular flexibility index (Phi) is 7.61. The molecule has 1 N–H and O–H groups in total. The van der Waals surface area contributed by atoms with E-state index in [1.807, 2.05) is 0 Å². The highest BCUT2D eigenvalue weighted by molar-refractivity contribution is 5.47. The molecule has 0 aromatic carbocycles. The lowest BCUT2D eigenvalue weighted by Gasteiger charge is -2.27. The van der Waals surface area contributed by atoms with Crippen LogP contribution < -0.4 is 10.2 Å². The van der Waals surface area contributed by atoms with E-state index in [9.17, 15) is 4.39 Å². The van der Waals surface area contributed by atoms with Crippen molar-refractivity contribution in [3.8, 4) is 0 Å². The number of likely N-dealkylation sites (N-methyl/N-ethyl adjacent to an activating group) is 1. The highest BCUT2D eigenvalue weighted by Gasteiger charge is 2.14. The molecule has 0 atom stereocenters. The number of hydrogen-bond donors (Lipinski definition) is 1. The van der Waals surface area contributed by atoms with Crippen LogP contribution >= 0.6 is 0 Å². The molecule has 0 saturated heterocycles. The second kappa shape index (κ2) is 8.95. The largest absolute Gasteiger partial charge is 0.355 e. The molecule has 1 heterocycles. The third-order valence-corrected chi connectivity index (χ3v) is 3.22. The van der Waals surface area contributed by atoms with Gasteiger partial charge in [-0.2, -0.15) is 0 Å². The molecule has 4 nitrogen and oxygen atoms in total. The van der Waals surface area contributed by atoms with Gasteiger partial charge in [0.25, 0.3) is 0 Å². The van der Waals surface area contributed by atoms with Gasteiger partial charge in [-0.3, -0.25) is 0 Å². The summed E-state index contributed by atoms with van der Waals surface area (Å²) in [6, 6.07) is 1.96. The second-order valence-electron chi connectivity index (χ2n) is 5.96. The fourth-order valence-corrected chi connectivity index (χ4v) is 2.12. The summed E-state index contributed by atoms with van der Waals surface area (Å²) in [5, 5.41) is 3.35. The molecule has 5 heteroatoms. The standard InChI is InChI=1S/C16H29FN4/c1-6-7-21(9-8-20(4)5)16-14(11-18-13(2)3)10-15(17)12-19-16/h10,12-13,18H,6-9,11H2,1-5H3. The summed E-state index contributed by atoms with van der Waals surface area (Å²) in [6.07, 6.45) is 2.36. The Balaban J connectivity index is 2.93. The van der Waals surface area contributed by atoms with Crippen molar-refractivity contribution in [1.82, 2.24) is 15.2 Å². The zero-order chi connectivity index (χ0) is 15.8. The molecule has 1 aromatic rings. The maximum absolute atomic E-state index is 13.5. The molecule has 0 fully saturated rings. The van der Waals surface area contributed by atoms with Gasteiger partial charge in [-0.25, -0.2) is 9.37 Å².